The van der Waals surface area contributed by atoms with E-state index in [1.165, 1.54) is 16.9 Å². The molecule has 1 atom stereocenters. The van der Waals surface area contributed by atoms with Gasteiger partial charge >= 0.3 is 0 Å². The molecule has 1 aromatic rings. The van der Waals surface area contributed by atoms with Crippen LogP contribution >= 0.6 is 0 Å². The molecule has 21 heavy (non-hydrogen) atoms. The van der Waals surface area contributed by atoms with Gasteiger partial charge in [0.05, 0.1) is 6.10 Å². The van der Waals surface area contributed by atoms with Gasteiger partial charge in [0.25, 0.3) is 10.2 Å². The lowest BCUT2D eigenvalue weighted by Crippen LogP contribution is -2.39. The van der Waals surface area contributed by atoms with Crippen LogP contribution in [-0.2, 0) is 15.6 Å². The maximum absolute atomic E-state index is 11.8. The van der Waals surface area contributed by atoms with E-state index in [1.807, 2.05) is 24.3 Å². The first-order valence-corrected chi connectivity index (χ1v) is 8.51. The first kappa shape index (κ1) is 18.1. The van der Waals surface area contributed by atoms with E-state index in [9.17, 15) is 13.5 Å². The van der Waals surface area contributed by atoms with Crippen LogP contribution in [-0.4, -0.2) is 38.0 Å². The average Bonchev–Trinajstić information content (AvgIpc) is 2.43. The Morgan fingerprint density at radius 1 is 1.24 bits per heavy atom. The Kier molecular flexibility index (Phi) is 5.92. The first-order valence-electron chi connectivity index (χ1n) is 7.07. The lowest BCUT2D eigenvalue weighted by atomic mass is 9.86. The molecular formula is C15H26N2O3S. The summed E-state index contributed by atoms with van der Waals surface area (Å²) in [6.07, 6.45) is -0.862. The molecule has 0 spiro atoms. The smallest absolute Gasteiger partial charge is 0.279 e. The van der Waals surface area contributed by atoms with Crippen molar-refractivity contribution in [2.24, 2.45) is 0 Å². The van der Waals surface area contributed by atoms with Crippen molar-refractivity contribution >= 4 is 10.2 Å². The van der Waals surface area contributed by atoms with Gasteiger partial charge in [0.15, 0.2) is 0 Å². The van der Waals surface area contributed by atoms with Gasteiger partial charge in [0.2, 0.25) is 0 Å². The summed E-state index contributed by atoms with van der Waals surface area (Å²) in [6.45, 7) is 8.45. The van der Waals surface area contributed by atoms with Gasteiger partial charge in [-0.3, -0.25) is 0 Å². The molecule has 0 saturated heterocycles. The molecule has 0 fully saturated rings. The van der Waals surface area contributed by atoms with Gasteiger partial charge in [-0.15, -0.1) is 0 Å². The van der Waals surface area contributed by atoms with E-state index in [-0.39, 0.29) is 12.0 Å². The largest absolute Gasteiger partial charge is 0.387 e. The third kappa shape index (κ3) is 5.07. The quantitative estimate of drug-likeness (QED) is 0.841. The van der Waals surface area contributed by atoms with Gasteiger partial charge in [0, 0.05) is 20.1 Å². The number of nitrogens with zero attached hydrogens (tertiary/aromatic N) is 1. The Morgan fingerprint density at radius 3 is 2.19 bits per heavy atom. The van der Waals surface area contributed by atoms with E-state index in [0.717, 1.165) is 0 Å². The van der Waals surface area contributed by atoms with E-state index < -0.39 is 16.3 Å². The van der Waals surface area contributed by atoms with Crippen LogP contribution in [0, 0.1) is 0 Å². The molecule has 0 aliphatic carbocycles. The molecule has 2 N–H and O–H groups in total. The predicted octanol–water partition coefficient (Wildman–Crippen LogP) is 1.80. The highest BCUT2D eigenvalue weighted by atomic mass is 32.2. The zero-order valence-corrected chi connectivity index (χ0v) is 14.2. The summed E-state index contributed by atoms with van der Waals surface area (Å²) in [5.41, 5.74) is 1.92. The fourth-order valence-corrected chi connectivity index (χ4v) is 2.72. The third-order valence-corrected chi connectivity index (χ3v) is 5.09. The molecule has 5 nitrogen and oxygen atoms in total. The molecular weight excluding hydrogens is 288 g/mol. The fraction of sp³-hybridized carbons (Fsp3) is 0.600. The standard InChI is InChI=1S/C15H26N2O3S/c1-6-17(5)21(19,20)16-11-14(18)12-7-9-13(10-8-12)15(2,3)4/h7-10,14,16,18H,6,11H2,1-5H3. The molecule has 120 valence electrons. The van der Waals surface area contributed by atoms with Gasteiger partial charge in [-0.25, -0.2) is 0 Å². The van der Waals surface area contributed by atoms with E-state index in [4.69, 9.17) is 0 Å². The van der Waals surface area contributed by atoms with Crippen molar-refractivity contribution in [2.75, 3.05) is 20.1 Å². The highest BCUT2D eigenvalue weighted by Crippen LogP contribution is 2.23. The van der Waals surface area contributed by atoms with Crippen LogP contribution in [0.2, 0.25) is 0 Å². The average molecular weight is 314 g/mol. The second kappa shape index (κ2) is 6.87. The molecule has 0 aliphatic heterocycles. The molecule has 0 amide bonds. The number of nitrogens with one attached hydrogen (secondary N) is 1. The van der Waals surface area contributed by atoms with Crippen molar-refractivity contribution in [2.45, 2.75) is 39.2 Å². The van der Waals surface area contributed by atoms with E-state index in [0.29, 0.717) is 12.1 Å². The van der Waals surface area contributed by atoms with Crippen LogP contribution in [0.4, 0.5) is 0 Å². The topological polar surface area (TPSA) is 69.6 Å². The summed E-state index contributed by atoms with van der Waals surface area (Å²) in [7, 11) is -2.03. The third-order valence-electron chi connectivity index (χ3n) is 3.48. The van der Waals surface area contributed by atoms with Crippen LogP contribution in [0.1, 0.15) is 44.9 Å². The summed E-state index contributed by atoms with van der Waals surface area (Å²) < 4.78 is 27.2. The van der Waals surface area contributed by atoms with Crippen molar-refractivity contribution in [1.82, 2.24) is 9.03 Å². The molecule has 1 aromatic carbocycles. The monoisotopic (exact) mass is 314 g/mol. The predicted molar refractivity (Wildman–Crippen MR) is 85.3 cm³/mol. The van der Waals surface area contributed by atoms with E-state index >= 15 is 0 Å². The van der Waals surface area contributed by atoms with Crippen LogP contribution in [0.25, 0.3) is 0 Å². The Bertz CT molecular complexity index is 547. The van der Waals surface area contributed by atoms with Crippen molar-refractivity contribution in [3.63, 3.8) is 0 Å². The van der Waals surface area contributed by atoms with Gasteiger partial charge in [-0.1, -0.05) is 52.0 Å². The SMILES string of the molecule is CCN(C)S(=O)(=O)NCC(O)c1ccc(C(C)(C)C)cc1. The van der Waals surface area contributed by atoms with Crippen molar-refractivity contribution in [1.29, 1.82) is 0 Å². The Labute approximate surface area is 128 Å². The van der Waals surface area contributed by atoms with Crippen LogP contribution in [0.15, 0.2) is 24.3 Å². The molecule has 1 rings (SSSR count). The molecule has 0 bridgehead atoms. The normalized spacial score (nSPS) is 14.4. The molecule has 0 radical (unpaired) electrons. The number of benzene rings is 1. The van der Waals surface area contributed by atoms with Crippen LogP contribution < -0.4 is 4.72 Å². The summed E-state index contributed by atoms with van der Waals surface area (Å²) in [4.78, 5) is 0. The molecule has 6 heteroatoms. The number of aliphatic hydroxyl groups excluding tert-OH is 1. The zero-order valence-electron chi connectivity index (χ0n) is 13.4. The first-order chi connectivity index (χ1) is 9.58. The van der Waals surface area contributed by atoms with Gasteiger partial charge in [-0.2, -0.15) is 17.4 Å². The van der Waals surface area contributed by atoms with Gasteiger partial charge < -0.3 is 5.11 Å². The maximum Gasteiger partial charge on any atom is 0.279 e. The van der Waals surface area contributed by atoms with Crippen molar-refractivity contribution in [3.8, 4) is 0 Å². The highest BCUT2D eigenvalue weighted by molar-refractivity contribution is 7.87. The lowest BCUT2D eigenvalue weighted by molar-refractivity contribution is 0.181. The second-order valence-corrected chi connectivity index (χ2v) is 8.02. The van der Waals surface area contributed by atoms with E-state index in [2.05, 4.69) is 25.5 Å². The fourth-order valence-electron chi connectivity index (χ4n) is 1.79. The summed E-state index contributed by atoms with van der Waals surface area (Å²) in [5.74, 6) is 0. The maximum atomic E-state index is 11.8. The van der Waals surface area contributed by atoms with Crippen LogP contribution in [0.5, 0.6) is 0 Å². The van der Waals surface area contributed by atoms with E-state index in [1.54, 1.807) is 6.92 Å². The number of hydrogen-bond acceptors (Lipinski definition) is 3. The Hall–Kier alpha value is -0.950. The molecule has 0 aromatic heterocycles. The number of hydrogen-bond donors (Lipinski definition) is 2. The van der Waals surface area contributed by atoms with Crippen molar-refractivity contribution < 1.29 is 13.5 Å². The minimum absolute atomic E-state index is 0.0401. The zero-order chi connectivity index (χ0) is 16.3. The molecule has 0 saturated carbocycles. The number of aliphatic hydroxyl groups is 1. The van der Waals surface area contributed by atoms with Gasteiger partial charge in [-0.05, 0) is 16.5 Å². The lowest BCUT2D eigenvalue weighted by Gasteiger charge is -2.21. The minimum atomic E-state index is -3.52. The second-order valence-electron chi connectivity index (χ2n) is 6.16. The summed E-state index contributed by atoms with van der Waals surface area (Å²) in [6, 6.07) is 7.60. The van der Waals surface area contributed by atoms with Gasteiger partial charge in [0.1, 0.15) is 0 Å². The summed E-state index contributed by atoms with van der Waals surface area (Å²) >= 11 is 0. The molecule has 0 aliphatic rings. The van der Waals surface area contributed by atoms with Crippen LogP contribution in [0.3, 0.4) is 0 Å². The Balaban J connectivity index is 2.71. The molecule has 0 heterocycles. The highest BCUT2D eigenvalue weighted by Gasteiger charge is 2.18. The Morgan fingerprint density at radius 2 is 1.76 bits per heavy atom. The summed E-state index contributed by atoms with van der Waals surface area (Å²) in [5, 5.41) is 10.1. The number of rotatable bonds is 6. The minimum Gasteiger partial charge on any atom is -0.387 e. The molecule has 1 unspecified atom stereocenters. The van der Waals surface area contributed by atoms with Crippen molar-refractivity contribution in [3.05, 3.63) is 35.4 Å².